The van der Waals surface area contributed by atoms with Gasteiger partial charge in [0.15, 0.2) is 0 Å². The summed E-state index contributed by atoms with van der Waals surface area (Å²) in [5.41, 5.74) is 1.76. The number of carbonyl (C=O) groups is 1. The molecule has 3 nitrogen and oxygen atoms in total. The summed E-state index contributed by atoms with van der Waals surface area (Å²) >= 11 is 3.14. The van der Waals surface area contributed by atoms with Gasteiger partial charge in [-0.1, -0.05) is 0 Å². The third-order valence-electron chi connectivity index (χ3n) is 2.67. The van der Waals surface area contributed by atoms with E-state index >= 15 is 0 Å². The van der Waals surface area contributed by atoms with Crippen molar-refractivity contribution in [3.8, 4) is 11.3 Å². The maximum atomic E-state index is 11.8. The minimum atomic E-state index is -0.0743. The first kappa shape index (κ1) is 12.2. The number of nitrogens with one attached hydrogen (secondary N) is 1. The van der Waals surface area contributed by atoms with Crippen LogP contribution in [0.3, 0.4) is 0 Å². The highest BCUT2D eigenvalue weighted by molar-refractivity contribution is 7.08. The van der Waals surface area contributed by atoms with Crippen LogP contribution in [0.5, 0.6) is 0 Å². The molecule has 0 aromatic carbocycles. The Morgan fingerprint density at radius 3 is 2.68 bits per heavy atom. The zero-order chi connectivity index (χ0) is 13.1. The van der Waals surface area contributed by atoms with E-state index in [9.17, 15) is 4.79 Å². The van der Waals surface area contributed by atoms with E-state index in [1.807, 2.05) is 39.7 Å². The predicted molar refractivity (Wildman–Crippen MR) is 77.5 cm³/mol. The summed E-state index contributed by atoms with van der Waals surface area (Å²) in [6.45, 7) is 0.402. The van der Waals surface area contributed by atoms with Crippen LogP contribution in [-0.4, -0.2) is 5.91 Å². The summed E-state index contributed by atoms with van der Waals surface area (Å²) in [7, 11) is 0. The largest absolute Gasteiger partial charge is 0.459 e. The Hall–Kier alpha value is -1.85. The van der Waals surface area contributed by atoms with Gasteiger partial charge in [0.25, 0.3) is 5.91 Å². The van der Waals surface area contributed by atoms with Crippen molar-refractivity contribution in [2.24, 2.45) is 0 Å². The van der Waals surface area contributed by atoms with Crippen molar-refractivity contribution in [2.45, 2.75) is 6.54 Å². The second-order valence-corrected chi connectivity index (χ2v) is 5.53. The summed E-state index contributed by atoms with van der Waals surface area (Å²) in [6.07, 6.45) is 0. The monoisotopic (exact) mass is 289 g/mol. The van der Waals surface area contributed by atoms with Gasteiger partial charge in [0.2, 0.25) is 0 Å². The topological polar surface area (TPSA) is 42.2 Å². The summed E-state index contributed by atoms with van der Waals surface area (Å²) in [6, 6.07) is 7.63. The fourth-order valence-corrected chi connectivity index (χ4v) is 2.98. The van der Waals surface area contributed by atoms with Crippen LogP contribution in [0.2, 0.25) is 0 Å². The minimum Gasteiger partial charge on any atom is -0.459 e. The number of rotatable bonds is 4. The van der Waals surface area contributed by atoms with E-state index < -0.39 is 0 Å². The fourth-order valence-electron chi connectivity index (χ4n) is 1.70. The van der Waals surface area contributed by atoms with Crippen molar-refractivity contribution >= 4 is 28.6 Å². The fraction of sp³-hybridized carbons (Fsp3) is 0.0714. The highest BCUT2D eigenvalue weighted by atomic mass is 32.1. The number of amides is 1. The normalized spacial score (nSPS) is 10.5. The van der Waals surface area contributed by atoms with Crippen LogP contribution in [-0.2, 0) is 6.54 Å². The highest BCUT2D eigenvalue weighted by Gasteiger charge is 2.08. The first-order valence-electron chi connectivity index (χ1n) is 5.74. The molecule has 19 heavy (non-hydrogen) atoms. The molecule has 3 rings (SSSR count). The van der Waals surface area contributed by atoms with E-state index in [0.717, 1.165) is 17.1 Å². The summed E-state index contributed by atoms with van der Waals surface area (Å²) in [5.74, 6) is 1.51. The summed E-state index contributed by atoms with van der Waals surface area (Å²) in [5, 5.41) is 10.6. The number of hydrogen-bond donors (Lipinski definition) is 1. The molecule has 0 aliphatic heterocycles. The van der Waals surface area contributed by atoms with Crippen LogP contribution in [0, 0.1) is 0 Å². The molecule has 1 amide bonds. The Morgan fingerprint density at radius 2 is 1.95 bits per heavy atom. The third-order valence-corrected chi connectivity index (χ3v) is 4.04. The third kappa shape index (κ3) is 2.77. The molecule has 0 bridgehead atoms. The molecule has 0 saturated heterocycles. The Kier molecular flexibility index (Phi) is 3.48. The summed E-state index contributed by atoms with van der Waals surface area (Å²) < 4.78 is 5.69. The van der Waals surface area contributed by atoms with Crippen LogP contribution in [0.25, 0.3) is 11.3 Å². The van der Waals surface area contributed by atoms with Gasteiger partial charge in [0.1, 0.15) is 11.5 Å². The lowest BCUT2D eigenvalue weighted by Gasteiger charge is -2.00. The van der Waals surface area contributed by atoms with E-state index in [0.29, 0.717) is 12.1 Å². The molecule has 3 aromatic heterocycles. The molecule has 0 aliphatic rings. The molecule has 0 spiro atoms. The molecule has 1 N–H and O–H groups in total. The molecular formula is C14H11NO2S2. The van der Waals surface area contributed by atoms with Crippen molar-refractivity contribution in [1.29, 1.82) is 0 Å². The van der Waals surface area contributed by atoms with Crippen LogP contribution in [0.15, 0.2) is 50.2 Å². The van der Waals surface area contributed by atoms with Crippen LogP contribution < -0.4 is 5.32 Å². The number of thiophene rings is 2. The maximum Gasteiger partial charge on any atom is 0.252 e. The number of hydrogen-bond acceptors (Lipinski definition) is 4. The lowest BCUT2D eigenvalue weighted by atomic mass is 10.3. The zero-order valence-electron chi connectivity index (χ0n) is 9.96. The van der Waals surface area contributed by atoms with E-state index in [2.05, 4.69) is 5.32 Å². The molecule has 0 unspecified atom stereocenters. The number of carbonyl (C=O) groups excluding carboxylic acids is 1. The molecule has 3 heterocycles. The van der Waals surface area contributed by atoms with Gasteiger partial charge in [-0.05, 0) is 35.0 Å². The first-order valence-corrected chi connectivity index (χ1v) is 7.63. The Bertz CT molecular complexity index is 654. The van der Waals surface area contributed by atoms with Gasteiger partial charge in [-0.3, -0.25) is 4.79 Å². The number of furan rings is 1. The lowest BCUT2D eigenvalue weighted by Crippen LogP contribution is -2.21. The van der Waals surface area contributed by atoms with E-state index in [-0.39, 0.29) is 5.91 Å². The first-order chi connectivity index (χ1) is 9.33. The van der Waals surface area contributed by atoms with Gasteiger partial charge in [-0.15, -0.1) is 0 Å². The predicted octanol–water partition coefficient (Wildman–Crippen LogP) is 4.00. The molecule has 5 heteroatoms. The average molecular weight is 289 g/mol. The zero-order valence-corrected chi connectivity index (χ0v) is 11.6. The molecule has 0 saturated carbocycles. The van der Waals surface area contributed by atoms with Crippen LogP contribution in [0.1, 0.15) is 16.1 Å². The minimum absolute atomic E-state index is 0.0743. The van der Waals surface area contributed by atoms with Crippen molar-refractivity contribution in [1.82, 2.24) is 5.32 Å². The Morgan fingerprint density at radius 1 is 1.11 bits per heavy atom. The molecular weight excluding hydrogens is 278 g/mol. The smallest absolute Gasteiger partial charge is 0.252 e. The lowest BCUT2D eigenvalue weighted by molar-refractivity contribution is 0.0948. The van der Waals surface area contributed by atoms with E-state index in [1.54, 1.807) is 17.4 Å². The molecule has 96 valence electrons. The SMILES string of the molecule is O=C(NCc1ccc(-c2ccsc2)o1)c1ccsc1. The molecule has 0 radical (unpaired) electrons. The van der Waals surface area contributed by atoms with Crippen molar-refractivity contribution < 1.29 is 9.21 Å². The molecule has 0 aliphatic carbocycles. The van der Waals surface area contributed by atoms with Gasteiger partial charge in [0, 0.05) is 21.9 Å². The molecule has 0 atom stereocenters. The Balaban J connectivity index is 1.63. The summed E-state index contributed by atoms with van der Waals surface area (Å²) in [4.78, 5) is 11.8. The van der Waals surface area contributed by atoms with Gasteiger partial charge in [-0.2, -0.15) is 22.7 Å². The molecule has 3 aromatic rings. The van der Waals surface area contributed by atoms with Gasteiger partial charge in [-0.25, -0.2) is 0 Å². The van der Waals surface area contributed by atoms with Gasteiger partial charge in [0.05, 0.1) is 6.54 Å². The van der Waals surface area contributed by atoms with Crippen molar-refractivity contribution in [3.63, 3.8) is 0 Å². The van der Waals surface area contributed by atoms with Gasteiger partial charge >= 0.3 is 0 Å². The highest BCUT2D eigenvalue weighted by Crippen LogP contribution is 2.24. The Labute approximate surface area is 118 Å². The van der Waals surface area contributed by atoms with Crippen molar-refractivity contribution in [2.75, 3.05) is 0 Å². The van der Waals surface area contributed by atoms with Crippen LogP contribution >= 0.6 is 22.7 Å². The maximum absolute atomic E-state index is 11.8. The average Bonchev–Trinajstić information content (AvgIpc) is 3.14. The van der Waals surface area contributed by atoms with E-state index in [4.69, 9.17) is 4.42 Å². The second kappa shape index (κ2) is 5.42. The molecule has 0 fully saturated rings. The van der Waals surface area contributed by atoms with Crippen LogP contribution in [0.4, 0.5) is 0 Å². The van der Waals surface area contributed by atoms with E-state index in [1.165, 1.54) is 11.3 Å². The second-order valence-electron chi connectivity index (χ2n) is 3.97. The standard InChI is InChI=1S/C14H11NO2S2/c16-14(11-4-6-19-9-11)15-7-12-1-2-13(17-12)10-3-5-18-8-10/h1-6,8-9H,7H2,(H,15,16). The quantitative estimate of drug-likeness (QED) is 0.789. The van der Waals surface area contributed by atoms with Crippen molar-refractivity contribution in [3.05, 3.63) is 57.1 Å². The van der Waals surface area contributed by atoms with Gasteiger partial charge < -0.3 is 9.73 Å².